The van der Waals surface area contributed by atoms with Gasteiger partial charge in [0.2, 0.25) is 0 Å². The summed E-state index contributed by atoms with van der Waals surface area (Å²) in [7, 11) is 0. The van der Waals surface area contributed by atoms with Crippen molar-refractivity contribution in [1.82, 2.24) is 4.98 Å². The number of carbonyl (C=O) groups excluding carboxylic acids is 1. The number of Topliss-reactive ketones (excluding diaryl/α,β-unsaturated/α-hetero) is 1. The van der Waals surface area contributed by atoms with Gasteiger partial charge >= 0.3 is 0 Å². The van der Waals surface area contributed by atoms with Crippen LogP contribution in [0.3, 0.4) is 0 Å². The van der Waals surface area contributed by atoms with E-state index in [2.05, 4.69) is 4.98 Å². The molecule has 0 saturated carbocycles. The van der Waals surface area contributed by atoms with Crippen LogP contribution >= 0.6 is 11.3 Å². The Morgan fingerprint density at radius 3 is 2.29 bits per heavy atom. The fourth-order valence-corrected chi connectivity index (χ4v) is 1.95. The summed E-state index contributed by atoms with van der Waals surface area (Å²) in [6, 6.07) is 0. The number of nitrogens with zero attached hydrogens (tertiary/aromatic N) is 1. The van der Waals surface area contributed by atoms with E-state index in [1.165, 1.54) is 4.88 Å². The van der Waals surface area contributed by atoms with Crippen molar-refractivity contribution in [3.8, 4) is 0 Å². The molecule has 1 aromatic rings. The fourth-order valence-electron chi connectivity index (χ4n) is 1.02. The highest BCUT2D eigenvalue weighted by molar-refractivity contribution is 7.11. The summed E-state index contributed by atoms with van der Waals surface area (Å²) in [5.41, 5.74) is 0.791. The van der Waals surface area contributed by atoms with Crippen molar-refractivity contribution in [2.45, 2.75) is 41.0 Å². The zero-order valence-corrected chi connectivity index (χ0v) is 10.3. The van der Waals surface area contributed by atoms with Crippen molar-refractivity contribution in [2.24, 2.45) is 5.41 Å². The highest BCUT2D eigenvalue weighted by atomic mass is 32.1. The molecule has 1 heterocycles. The molecule has 2 nitrogen and oxygen atoms in total. The lowest BCUT2D eigenvalue weighted by Gasteiger charge is -2.14. The monoisotopic (exact) mass is 211 g/mol. The Morgan fingerprint density at radius 1 is 1.36 bits per heavy atom. The normalized spacial score (nSPS) is 11.8. The van der Waals surface area contributed by atoms with Crippen LogP contribution in [0.4, 0.5) is 0 Å². The summed E-state index contributed by atoms with van der Waals surface area (Å²) in [5.74, 6) is 0.256. The minimum absolute atomic E-state index is 0.256. The van der Waals surface area contributed by atoms with Crippen LogP contribution in [0.5, 0.6) is 0 Å². The van der Waals surface area contributed by atoms with Gasteiger partial charge in [-0.3, -0.25) is 4.79 Å². The van der Waals surface area contributed by atoms with Gasteiger partial charge in [0.1, 0.15) is 10.8 Å². The van der Waals surface area contributed by atoms with Gasteiger partial charge in [-0.25, -0.2) is 4.98 Å². The molecular weight excluding hydrogens is 194 g/mol. The second-order valence-corrected chi connectivity index (χ2v) is 5.89. The molecule has 0 bridgehead atoms. The Labute approximate surface area is 89.4 Å². The van der Waals surface area contributed by atoms with Gasteiger partial charge in [-0.1, -0.05) is 20.8 Å². The highest BCUT2D eigenvalue weighted by Crippen LogP contribution is 2.22. The molecule has 14 heavy (non-hydrogen) atoms. The first-order valence-electron chi connectivity index (χ1n) is 4.77. The Kier molecular flexibility index (Phi) is 3.10. The van der Waals surface area contributed by atoms with E-state index >= 15 is 0 Å². The zero-order chi connectivity index (χ0) is 10.9. The summed E-state index contributed by atoms with van der Waals surface area (Å²) in [6.07, 6.45) is 0.475. The molecule has 0 fully saturated rings. The van der Waals surface area contributed by atoms with Gasteiger partial charge in [0.15, 0.2) is 0 Å². The second kappa shape index (κ2) is 3.81. The number of thiazole rings is 1. The molecule has 0 aliphatic heterocycles. The number of hydrogen-bond donors (Lipinski definition) is 0. The van der Waals surface area contributed by atoms with E-state index in [9.17, 15) is 4.79 Å². The van der Waals surface area contributed by atoms with E-state index in [4.69, 9.17) is 0 Å². The van der Waals surface area contributed by atoms with E-state index in [1.807, 2.05) is 34.6 Å². The first-order chi connectivity index (χ1) is 6.30. The Morgan fingerprint density at radius 2 is 1.93 bits per heavy atom. The molecule has 0 N–H and O–H groups in total. The van der Waals surface area contributed by atoms with Gasteiger partial charge < -0.3 is 0 Å². The Bertz CT molecular complexity index is 327. The molecule has 0 saturated heterocycles. The van der Waals surface area contributed by atoms with E-state index in [0.717, 1.165) is 10.7 Å². The maximum Gasteiger partial charge on any atom is 0.144 e. The molecule has 0 aromatic carbocycles. The van der Waals surface area contributed by atoms with Crippen LogP contribution in [-0.2, 0) is 11.2 Å². The topological polar surface area (TPSA) is 30.0 Å². The van der Waals surface area contributed by atoms with Crippen molar-refractivity contribution in [3.63, 3.8) is 0 Å². The number of rotatable bonds is 2. The van der Waals surface area contributed by atoms with Crippen molar-refractivity contribution in [1.29, 1.82) is 0 Å². The minimum Gasteiger partial charge on any atom is -0.299 e. The molecule has 0 radical (unpaired) electrons. The third kappa shape index (κ3) is 2.64. The van der Waals surface area contributed by atoms with Gasteiger partial charge in [-0.15, -0.1) is 11.3 Å². The third-order valence-corrected chi connectivity index (χ3v) is 3.29. The number of ketones is 1. The molecule has 0 atom stereocenters. The quantitative estimate of drug-likeness (QED) is 0.753. The van der Waals surface area contributed by atoms with Gasteiger partial charge in [0.05, 0.1) is 12.1 Å². The third-order valence-electron chi connectivity index (χ3n) is 2.22. The van der Waals surface area contributed by atoms with Gasteiger partial charge in [0.25, 0.3) is 0 Å². The van der Waals surface area contributed by atoms with Gasteiger partial charge in [-0.05, 0) is 13.8 Å². The molecule has 0 aliphatic rings. The van der Waals surface area contributed by atoms with Crippen molar-refractivity contribution >= 4 is 17.1 Å². The first kappa shape index (κ1) is 11.4. The minimum atomic E-state index is -0.256. The average Bonchev–Trinajstić information content (AvgIpc) is 2.29. The van der Waals surface area contributed by atoms with E-state index in [1.54, 1.807) is 11.3 Å². The molecule has 0 spiro atoms. The van der Waals surface area contributed by atoms with Crippen LogP contribution in [0, 0.1) is 19.3 Å². The van der Waals surface area contributed by atoms with Crippen molar-refractivity contribution in [2.75, 3.05) is 0 Å². The van der Waals surface area contributed by atoms with E-state index in [-0.39, 0.29) is 11.2 Å². The number of carbonyl (C=O) groups is 1. The summed E-state index contributed by atoms with van der Waals surface area (Å²) in [5, 5.41) is 0.944. The molecule has 0 unspecified atom stereocenters. The largest absolute Gasteiger partial charge is 0.299 e. The fraction of sp³-hybridized carbons (Fsp3) is 0.636. The van der Waals surface area contributed by atoms with E-state index < -0.39 is 0 Å². The highest BCUT2D eigenvalue weighted by Gasteiger charge is 2.22. The molecule has 3 heteroatoms. The number of aryl methyl sites for hydroxylation is 2. The maximum absolute atomic E-state index is 11.7. The Hall–Kier alpha value is -0.700. The van der Waals surface area contributed by atoms with Crippen LogP contribution in [0.25, 0.3) is 0 Å². The summed E-state index contributed by atoms with van der Waals surface area (Å²) < 4.78 is 0. The summed E-state index contributed by atoms with van der Waals surface area (Å²) >= 11 is 1.63. The summed E-state index contributed by atoms with van der Waals surface area (Å²) in [6.45, 7) is 9.86. The van der Waals surface area contributed by atoms with Crippen LogP contribution in [0.1, 0.15) is 36.3 Å². The van der Waals surface area contributed by atoms with Gasteiger partial charge in [-0.2, -0.15) is 0 Å². The molecule has 0 aliphatic carbocycles. The zero-order valence-electron chi connectivity index (χ0n) is 9.47. The van der Waals surface area contributed by atoms with Crippen molar-refractivity contribution < 1.29 is 4.79 Å². The van der Waals surface area contributed by atoms with Crippen LogP contribution in [0.15, 0.2) is 0 Å². The lowest BCUT2D eigenvalue weighted by molar-refractivity contribution is -0.125. The van der Waals surface area contributed by atoms with Gasteiger partial charge in [0, 0.05) is 10.3 Å². The predicted octanol–water partition coefficient (Wildman–Crippen LogP) is 2.92. The van der Waals surface area contributed by atoms with Crippen molar-refractivity contribution in [3.05, 3.63) is 15.6 Å². The second-order valence-electron chi connectivity index (χ2n) is 4.60. The standard InChI is InChI=1S/C11H17NOS/c1-7-8(2)14-10(12-7)6-9(13)11(3,4)5/h6H2,1-5H3. The summed E-state index contributed by atoms with van der Waals surface area (Å²) in [4.78, 5) is 17.3. The first-order valence-corrected chi connectivity index (χ1v) is 5.58. The molecule has 0 amide bonds. The molecule has 78 valence electrons. The molecule has 1 rings (SSSR count). The average molecular weight is 211 g/mol. The predicted molar refractivity (Wildman–Crippen MR) is 59.8 cm³/mol. The van der Waals surface area contributed by atoms with Crippen LogP contribution < -0.4 is 0 Å². The van der Waals surface area contributed by atoms with E-state index in [0.29, 0.717) is 6.42 Å². The van der Waals surface area contributed by atoms with Crippen LogP contribution in [0.2, 0.25) is 0 Å². The lowest BCUT2D eigenvalue weighted by Crippen LogP contribution is -2.21. The Balaban J connectivity index is 2.75. The van der Waals surface area contributed by atoms with Crippen LogP contribution in [-0.4, -0.2) is 10.8 Å². The SMILES string of the molecule is Cc1nc(CC(=O)C(C)(C)C)sc1C. The number of hydrogen-bond acceptors (Lipinski definition) is 3. The molecule has 1 aromatic heterocycles. The smallest absolute Gasteiger partial charge is 0.144 e. The maximum atomic E-state index is 11.7. The lowest BCUT2D eigenvalue weighted by atomic mass is 9.89. The number of aromatic nitrogens is 1. The molecular formula is C11H17NOS.